The smallest absolute Gasteiger partial charge is 0.271 e. The summed E-state index contributed by atoms with van der Waals surface area (Å²) in [6.45, 7) is 3.54. The second-order valence-corrected chi connectivity index (χ2v) is 9.10. The molecule has 0 aliphatic heterocycles. The van der Waals surface area contributed by atoms with Crippen molar-refractivity contribution in [3.63, 3.8) is 0 Å². The Labute approximate surface area is 182 Å². The van der Waals surface area contributed by atoms with Gasteiger partial charge in [-0.2, -0.15) is 0 Å². The van der Waals surface area contributed by atoms with Gasteiger partial charge in [-0.15, -0.1) is 0 Å². The fourth-order valence-corrected chi connectivity index (χ4v) is 4.26. The fourth-order valence-electron chi connectivity index (χ4n) is 3.24. The van der Waals surface area contributed by atoms with Gasteiger partial charge in [0.1, 0.15) is 5.75 Å². The summed E-state index contributed by atoms with van der Waals surface area (Å²) in [6, 6.07) is 11.1. The van der Waals surface area contributed by atoms with E-state index in [9.17, 15) is 23.3 Å². The first kappa shape index (κ1) is 24.1. The average Bonchev–Trinajstić information content (AvgIpc) is 2.70. The number of nitrogens with one attached hydrogen (secondary N) is 1. The molecule has 0 saturated heterocycles. The SMILES string of the molecule is COc1ccccc1C(C)NC(=O)CCCN(c1cc([N+](=O)[O-])ccc1C)S(C)(=O)=O. The molecule has 9 nitrogen and oxygen atoms in total. The molecule has 1 amide bonds. The van der Waals surface area contributed by atoms with Crippen LogP contribution in [-0.2, 0) is 14.8 Å². The number of non-ortho nitro benzene ring substituents is 1. The van der Waals surface area contributed by atoms with Gasteiger partial charge < -0.3 is 10.1 Å². The predicted octanol–water partition coefficient (Wildman–Crippen LogP) is 3.34. The van der Waals surface area contributed by atoms with Crippen molar-refractivity contribution in [2.24, 2.45) is 0 Å². The normalized spacial score (nSPS) is 12.1. The first-order chi connectivity index (χ1) is 14.5. The minimum Gasteiger partial charge on any atom is -0.496 e. The van der Waals surface area contributed by atoms with Crippen molar-refractivity contribution in [3.8, 4) is 5.75 Å². The van der Waals surface area contributed by atoms with Gasteiger partial charge in [-0.05, 0) is 31.9 Å². The zero-order chi connectivity index (χ0) is 23.2. The van der Waals surface area contributed by atoms with E-state index in [-0.39, 0.29) is 42.7 Å². The Bertz CT molecular complexity index is 1050. The molecule has 2 aromatic rings. The standard InChI is InChI=1S/C21H27N3O6S/c1-15-11-12-17(24(26)27)14-19(15)23(31(4,28)29)13-7-10-21(25)22-16(2)18-8-5-6-9-20(18)30-3/h5-6,8-9,11-12,14,16H,7,10,13H2,1-4H3,(H,22,25). The van der Waals surface area contributed by atoms with Gasteiger partial charge in [0, 0.05) is 30.7 Å². The Kier molecular flexibility index (Phi) is 7.98. The number of sulfonamides is 1. The number of benzene rings is 2. The maximum atomic E-state index is 12.4. The van der Waals surface area contributed by atoms with E-state index in [1.807, 2.05) is 31.2 Å². The van der Waals surface area contributed by atoms with E-state index in [2.05, 4.69) is 5.32 Å². The highest BCUT2D eigenvalue weighted by Gasteiger charge is 2.22. The average molecular weight is 450 g/mol. The molecule has 1 atom stereocenters. The highest BCUT2D eigenvalue weighted by atomic mass is 32.2. The summed E-state index contributed by atoms with van der Waals surface area (Å²) in [5.74, 6) is 0.433. The molecule has 10 heteroatoms. The van der Waals surface area contributed by atoms with Crippen molar-refractivity contribution in [3.05, 3.63) is 63.7 Å². The van der Waals surface area contributed by atoms with Crippen LogP contribution in [0.15, 0.2) is 42.5 Å². The molecule has 168 valence electrons. The Hall–Kier alpha value is -3.14. The molecule has 0 heterocycles. The third-order valence-corrected chi connectivity index (χ3v) is 6.00. The largest absolute Gasteiger partial charge is 0.496 e. The summed E-state index contributed by atoms with van der Waals surface area (Å²) in [7, 11) is -2.13. The van der Waals surface area contributed by atoms with Crippen LogP contribution in [0.3, 0.4) is 0 Å². The highest BCUT2D eigenvalue weighted by Crippen LogP contribution is 2.28. The van der Waals surface area contributed by atoms with Gasteiger partial charge in [-0.25, -0.2) is 8.42 Å². The Morgan fingerprint density at radius 2 is 1.94 bits per heavy atom. The summed E-state index contributed by atoms with van der Waals surface area (Å²) in [4.78, 5) is 22.9. The lowest BCUT2D eigenvalue weighted by Gasteiger charge is -2.24. The van der Waals surface area contributed by atoms with Gasteiger partial charge in [0.25, 0.3) is 5.69 Å². The molecule has 0 spiro atoms. The third kappa shape index (κ3) is 6.42. The van der Waals surface area contributed by atoms with Crippen LogP contribution in [0.2, 0.25) is 0 Å². The summed E-state index contributed by atoms with van der Waals surface area (Å²) in [5, 5.41) is 14.0. The number of nitro groups is 1. The number of nitrogens with zero attached hydrogens (tertiary/aromatic N) is 2. The summed E-state index contributed by atoms with van der Waals surface area (Å²) < 4.78 is 31.0. The molecular formula is C21H27N3O6S. The van der Waals surface area contributed by atoms with Crippen LogP contribution in [0.4, 0.5) is 11.4 Å². The lowest BCUT2D eigenvalue weighted by atomic mass is 10.1. The number of methoxy groups -OCH3 is 1. The van der Waals surface area contributed by atoms with Crippen molar-refractivity contribution >= 4 is 27.3 Å². The van der Waals surface area contributed by atoms with Gasteiger partial charge >= 0.3 is 0 Å². The molecule has 1 N–H and O–H groups in total. The van der Waals surface area contributed by atoms with Crippen LogP contribution in [-0.4, -0.2) is 39.2 Å². The van der Waals surface area contributed by atoms with E-state index >= 15 is 0 Å². The first-order valence-electron chi connectivity index (χ1n) is 9.69. The summed E-state index contributed by atoms with van der Waals surface area (Å²) in [5.41, 5.74) is 1.46. The number of anilines is 1. The number of aryl methyl sites for hydroxylation is 1. The zero-order valence-electron chi connectivity index (χ0n) is 18.0. The number of hydrogen-bond donors (Lipinski definition) is 1. The molecule has 0 radical (unpaired) electrons. The van der Waals surface area contributed by atoms with Crippen molar-refractivity contribution < 1.29 is 22.9 Å². The van der Waals surface area contributed by atoms with Gasteiger partial charge in [0.15, 0.2) is 0 Å². The van der Waals surface area contributed by atoms with E-state index in [1.54, 1.807) is 14.0 Å². The van der Waals surface area contributed by atoms with E-state index in [0.717, 1.165) is 16.1 Å². The Morgan fingerprint density at radius 1 is 1.26 bits per heavy atom. The van der Waals surface area contributed by atoms with Crippen molar-refractivity contribution in [2.45, 2.75) is 32.7 Å². The molecule has 0 saturated carbocycles. The van der Waals surface area contributed by atoms with E-state index in [4.69, 9.17) is 4.74 Å². The minimum absolute atomic E-state index is 0.0251. The van der Waals surface area contributed by atoms with Crippen LogP contribution in [0.1, 0.15) is 36.9 Å². The molecule has 0 fully saturated rings. The van der Waals surface area contributed by atoms with Gasteiger partial charge in [-0.1, -0.05) is 24.3 Å². The van der Waals surface area contributed by atoms with Crippen molar-refractivity contribution in [1.82, 2.24) is 5.32 Å². The molecule has 2 aromatic carbocycles. The highest BCUT2D eigenvalue weighted by molar-refractivity contribution is 7.92. The van der Waals surface area contributed by atoms with Crippen LogP contribution in [0.5, 0.6) is 5.75 Å². The predicted molar refractivity (Wildman–Crippen MR) is 119 cm³/mol. The minimum atomic E-state index is -3.69. The molecule has 1 unspecified atom stereocenters. The fraction of sp³-hybridized carbons (Fsp3) is 0.381. The van der Waals surface area contributed by atoms with Gasteiger partial charge in [-0.3, -0.25) is 19.2 Å². The van der Waals surface area contributed by atoms with Crippen molar-refractivity contribution in [2.75, 3.05) is 24.2 Å². The Morgan fingerprint density at radius 3 is 2.55 bits per heavy atom. The lowest BCUT2D eigenvalue weighted by molar-refractivity contribution is -0.384. The number of ether oxygens (including phenoxy) is 1. The van der Waals surface area contributed by atoms with Crippen molar-refractivity contribution in [1.29, 1.82) is 0 Å². The summed E-state index contributed by atoms with van der Waals surface area (Å²) >= 11 is 0. The van der Waals surface area contributed by atoms with E-state index in [1.165, 1.54) is 18.2 Å². The molecular weight excluding hydrogens is 422 g/mol. The molecule has 31 heavy (non-hydrogen) atoms. The van der Waals surface area contributed by atoms with Gasteiger partial charge in [0.2, 0.25) is 15.9 Å². The number of para-hydroxylation sites is 1. The monoisotopic (exact) mass is 449 g/mol. The molecule has 2 rings (SSSR count). The zero-order valence-corrected chi connectivity index (χ0v) is 18.8. The topological polar surface area (TPSA) is 119 Å². The molecule has 0 aliphatic carbocycles. The number of amides is 1. The van der Waals surface area contributed by atoms with Crippen LogP contribution in [0, 0.1) is 17.0 Å². The molecule has 0 aliphatic rings. The van der Waals surface area contributed by atoms with E-state index in [0.29, 0.717) is 11.3 Å². The number of rotatable bonds is 10. The lowest BCUT2D eigenvalue weighted by Crippen LogP contribution is -2.33. The number of hydrogen-bond acceptors (Lipinski definition) is 6. The third-order valence-electron chi connectivity index (χ3n) is 4.82. The summed E-state index contributed by atoms with van der Waals surface area (Å²) in [6.07, 6.45) is 1.38. The quantitative estimate of drug-likeness (QED) is 0.439. The molecule has 0 aromatic heterocycles. The molecule has 0 bridgehead atoms. The van der Waals surface area contributed by atoms with E-state index < -0.39 is 14.9 Å². The van der Waals surface area contributed by atoms with Gasteiger partial charge in [0.05, 0.1) is 30.0 Å². The second kappa shape index (κ2) is 10.3. The number of carbonyl (C=O) groups excluding carboxylic acids is 1. The number of carbonyl (C=O) groups is 1. The maximum absolute atomic E-state index is 12.4. The number of nitro benzene ring substituents is 1. The second-order valence-electron chi connectivity index (χ2n) is 7.20. The van der Waals surface area contributed by atoms with Crippen LogP contribution in [0.25, 0.3) is 0 Å². The van der Waals surface area contributed by atoms with Crippen LogP contribution >= 0.6 is 0 Å². The first-order valence-corrected chi connectivity index (χ1v) is 11.5. The maximum Gasteiger partial charge on any atom is 0.271 e. The van der Waals surface area contributed by atoms with Crippen LogP contribution < -0.4 is 14.4 Å². The Balaban J connectivity index is 2.06.